The predicted octanol–water partition coefficient (Wildman–Crippen LogP) is 1.83. The maximum absolute atomic E-state index is 10.8. The van der Waals surface area contributed by atoms with E-state index in [0.29, 0.717) is 37.9 Å². The van der Waals surface area contributed by atoms with E-state index < -0.39 is 5.97 Å². The van der Waals surface area contributed by atoms with E-state index in [-0.39, 0.29) is 5.56 Å². The summed E-state index contributed by atoms with van der Waals surface area (Å²) >= 11 is 0. The summed E-state index contributed by atoms with van der Waals surface area (Å²) in [6.07, 6.45) is 0.730. The lowest BCUT2D eigenvalue weighted by atomic mass is 10.2. The molecule has 6 nitrogen and oxygen atoms in total. The summed E-state index contributed by atoms with van der Waals surface area (Å²) in [6, 6.07) is 4.51. The monoisotopic (exact) mass is 284 g/mol. The molecule has 112 valence electrons. The molecule has 1 aromatic carbocycles. The van der Waals surface area contributed by atoms with Gasteiger partial charge in [-0.1, -0.05) is 0 Å². The minimum Gasteiger partial charge on any atom is -0.493 e. The lowest BCUT2D eigenvalue weighted by Gasteiger charge is -2.11. The van der Waals surface area contributed by atoms with Crippen molar-refractivity contribution in [3.05, 3.63) is 23.8 Å². The van der Waals surface area contributed by atoms with Crippen molar-refractivity contribution in [2.75, 3.05) is 40.6 Å². The Morgan fingerprint density at radius 3 is 2.55 bits per heavy atom. The van der Waals surface area contributed by atoms with Crippen LogP contribution in [0.1, 0.15) is 16.8 Å². The lowest BCUT2D eigenvalue weighted by Crippen LogP contribution is -2.07. The third-order valence-electron chi connectivity index (χ3n) is 2.53. The van der Waals surface area contributed by atoms with E-state index in [9.17, 15) is 4.79 Å². The molecule has 0 bridgehead atoms. The molecule has 0 spiro atoms. The minimum absolute atomic E-state index is 0.164. The molecule has 0 unspecified atom stereocenters. The number of aromatic carboxylic acids is 1. The topological polar surface area (TPSA) is 74.2 Å². The fourth-order valence-electron chi connectivity index (χ4n) is 1.51. The number of carboxylic acids is 1. The van der Waals surface area contributed by atoms with Crippen LogP contribution < -0.4 is 9.47 Å². The molecule has 0 aliphatic carbocycles. The van der Waals surface area contributed by atoms with Crippen LogP contribution in [-0.4, -0.2) is 51.7 Å². The van der Waals surface area contributed by atoms with Crippen molar-refractivity contribution < 1.29 is 28.8 Å². The molecule has 0 aliphatic rings. The lowest BCUT2D eigenvalue weighted by molar-refractivity contribution is 0.0643. The van der Waals surface area contributed by atoms with Gasteiger partial charge < -0.3 is 24.1 Å². The van der Waals surface area contributed by atoms with Crippen LogP contribution in [0.15, 0.2) is 18.2 Å². The highest BCUT2D eigenvalue weighted by Gasteiger charge is 2.09. The van der Waals surface area contributed by atoms with Crippen molar-refractivity contribution in [2.24, 2.45) is 0 Å². The predicted molar refractivity (Wildman–Crippen MR) is 72.8 cm³/mol. The molecular formula is C14H20O6. The molecule has 0 amide bonds. The highest BCUT2D eigenvalue weighted by molar-refractivity contribution is 5.88. The second-order valence-electron chi connectivity index (χ2n) is 3.98. The minimum atomic E-state index is -0.999. The molecule has 0 fully saturated rings. The first kappa shape index (κ1) is 16.3. The van der Waals surface area contributed by atoms with E-state index in [1.165, 1.54) is 19.2 Å². The Morgan fingerprint density at radius 2 is 1.90 bits per heavy atom. The average molecular weight is 284 g/mol. The highest BCUT2D eigenvalue weighted by Crippen LogP contribution is 2.28. The second kappa shape index (κ2) is 9.17. The first-order valence-electron chi connectivity index (χ1n) is 6.30. The molecule has 1 N–H and O–H groups in total. The highest BCUT2D eigenvalue weighted by atomic mass is 16.5. The van der Waals surface area contributed by atoms with Crippen molar-refractivity contribution in [2.45, 2.75) is 6.42 Å². The summed E-state index contributed by atoms with van der Waals surface area (Å²) < 4.78 is 20.8. The molecule has 0 radical (unpaired) electrons. The molecule has 0 saturated heterocycles. The molecular weight excluding hydrogens is 264 g/mol. The van der Waals surface area contributed by atoms with Gasteiger partial charge in [0.05, 0.1) is 32.5 Å². The first-order valence-corrected chi connectivity index (χ1v) is 6.30. The molecule has 0 aromatic heterocycles. The van der Waals surface area contributed by atoms with Gasteiger partial charge in [-0.3, -0.25) is 0 Å². The standard InChI is InChI=1S/C14H20O6/c1-17-8-9-19-6-3-7-20-12-5-4-11(14(15)16)10-13(12)18-2/h4-5,10H,3,6-9H2,1-2H3,(H,15,16). The molecule has 0 aliphatic heterocycles. The summed E-state index contributed by atoms with van der Waals surface area (Å²) in [6.45, 7) is 2.19. The van der Waals surface area contributed by atoms with Gasteiger partial charge in [0.25, 0.3) is 0 Å². The van der Waals surface area contributed by atoms with Crippen LogP contribution in [0.4, 0.5) is 0 Å². The quantitative estimate of drug-likeness (QED) is 0.661. The van der Waals surface area contributed by atoms with Crippen molar-refractivity contribution in [1.82, 2.24) is 0 Å². The van der Waals surface area contributed by atoms with E-state index in [4.69, 9.17) is 24.1 Å². The van der Waals surface area contributed by atoms with Crippen LogP contribution in [0, 0.1) is 0 Å². The smallest absolute Gasteiger partial charge is 0.335 e. The number of rotatable bonds is 10. The van der Waals surface area contributed by atoms with E-state index >= 15 is 0 Å². The van der Waals surface area contributed by atoms with Crippen molar-refractivity contribution in [3.8, 4) is 11.5 Å². The van der Waals surface area contributed by atoms with Crippen LogP contribution in [0.5, 0.6) is 11.5 Å². The Morgan fingerprint density at radius 1 is 1.10 bits per heavy atom. The summed E-state index contributed by atoms with van der Waals surface area (Å²) in [4.78, 5) is 10.8. The molecule has 1 rings (SSSR count). The fraction of sp³-hybridized carbons (Fsp3) is 0.500. The Kier molecular flexibility index (Phi) is 7.46. The maximum Gasteiger partial charge on any atom is 0.335 e. The molecule has 0 heterocycles. The summed E-state index contributed by atoms with van der Waals surface area (Å²) in [5.41, 5.74) is 0.164. The molecule has 6 heteroatoms. The molecule has 1 aromatic rings. The summed E-state index contributed by atoms with van der Waals surface area (Å²) in [5.74, 6) is -0.0685. The number of benzene rings is 1. The Bertz CT molecular complexity index is 418. The third kappa shape index (κ3) is 5.46. The second-order valence-corrected chi connectivity index (χ2v) is 3.98. The summed E-state index contributed by atoms with van der Waals surface area (Å²) in [5, 5.41) is 8.89. The number of carbonyl (C=O) groups is 1. The van der Waals surface area contributed by atoms with E-state index in [0.717, 1.165) is 6.42 Å². The zero-order valence-electron chi connectivity index (χ0n) is 11.8. The van der Waals surface area contributed by atoms with Gasteiger partial charge in [0.1, 0.15) is 0 Å². The normalized spacial score (nSPS) is 10.3. The van der Waals surface area contributed by atoms with Gasteiger partial charge in [-0.15, -0.1) is 0 Å². The van der Waals surface area contributed by atoms with E-state index in [1.807, 2.05) is 0 Å². The summed E-state index contributed by atoms with van der Waals surface area (Å²) in [7, 11) is 3.10. The third-order valence-corrected chi connectivity index (χ3v) is 2.53. The van der Waals surface area contributed by atoms with Crippen molar-refractivity contribution >= 4 is 5.97 Å². The van der Waals surface area contributed by atoms with Gasteiger partial charge in [-0.05, 0) is 18.2 Å². The van der Waals surface area contributed by atoms with E-state index in [1.54, 1.807) is 13.2 Å². The Labute approximate surface area is 118 Å². The largest absolute Gasteiger partial charge is 0.493 e. The van der Waals surface area contributed by atoms with Gasteiger partial charge in [0, 0.05) is 20.1 Å². The average Bonchev–Trinajstić information content (AvgIpc) is 2.46. The van der Waals surface area contributed by atoms with Gasteiger partial charge in [0.15, 0.2) is 11.5 Å². The van der Waals surface area contributed by atoms with E-state index in [2.05, 4.69) is 0 Å². The Balaban J connectivity index is 2.38. The van der Waals surface area contributed by atoms with Crippen molar-refractivity contribution in [1.29, 1.82) is 0 Å². The SMILES string of the molecule is COCCOCCCOc1ccc(C(=O)O)cc1OC. The van der Waals surface area contributed by atoms with Crippen LogP contribution >= 0.6 is 0 Å². The van der Waals surface area contributed by atoms with Crippen LogP contribution in [0.3, 0.4) is 0 Å². The Hall–Kier alpha value is -1.79. The zero-order chi connectivity index (χ0) is 14.8. The van der Waals surface area contributed by atoms with Gasteiger partial charge in [0.2, 0.25) is 0 Å². The number of carboxylic acid groups (broad SMARTS) is 1. The first-order chi connectivity index (χ1) is 9.69. The van der Waals surface area contributed by atoms with Crippen LogP contribution in [0.2, 0.25) is 0 Å². The molecule has 0 atom stereocenters. The fourth-order valence-corrected chi connectivity index (χ4v) is 1.51. The number of methoxy groups -OCH3 is 2. The number of ether oxygens (including phenoxy) is 4. The molecule has 20 heavy (non-hydrogen) atoms. The van der Waals surface area contributed by atoms with Crippen molar-refractivity contribution in [3.63, 3.8) is 0 Å². The van der Waals surface area contributed by atoms with Gasteiger partial charge in [-0.25, -0.2) is 4.79 Å². The van der Waals surface area contributed by atoms with Gasteiger partial charge >= 0.3 is 5.97 Å². The van der Waals surface area contributed by atoms with Crippen LogP contribution in [-0.2, 0) is 9.47 Å². The number of hydrogen-bond donors (Lipinski definition) is 1. The maximum atomic E-state index is 10.8. The van der Waals surface area contributed by atoms with Crippen LogP contribution in [0.25, 0.3) is 0 Å². The zero-order valence-corrected chi connectivity index (χ0v) is 11.8. The van der Waals surface area contributed by atoms with Gasteiger partial charge in [-0.2, -0.15) is 0 Å². The molecule has 0 saturated carbocycles. The number of hydrogen-bond acceptors (Lipinski definition) is 5.